The van der Waals surface area contributed by atoms with Crippen LogP contribution in [0.5, 0.6) is 5.75 Å². The highest BCUT2D eigenvalue weighted by Gasteiger charge is 2.45. The van der Waals surface area contributed by atoms with E-state index >= 15 is 0 Å². The average Bonchev–Trinajstić information content (AvgIpc) is 3.14. The molecule has 35 heavy (non-hydrogen) atoms. The first-order chi connectivity index (χ1) is 17.0. The van der Waals surface area contributed by atoms with Crippen molar-refractivity contribution in [3.63, 3.8) is 0 Å². The number of ketones is 1. The molecule has 0 saturated carbocycles. The number of aliphatic hydroxyl groups excluding tert-OH is 1. The van der Waals surface area contributed by atoms with Crippen LogP contribution in [0.2, 0.25) is 0 Å². The van der Waals surface area contributed by atoms with Crippen LogP contribution in [0.15, 0.2) is 54.4 Å². The van der Waals surface area contributed by atoms with Gasteiger partial charge in [0.2, 0.25) is 0 Å². The third-order valence-electron chi connectivity index (χ3n) is 6.45. The molecule has 1 amide bonds. The summed E-state index contributed by atoms with van der Waals surface area (Å²) in [4.78, 5) is 34.2. The van der Waals surface area contributed by atoms with E-state index in [1.807, 2.05) is 24.3 Å². The maximum atomic E-state index is 13.2. The molecule has 0 spiro atoms. The summed E-state index contributed by atoms with van der Waals surface area (Å²) in [6.45, 7) is 10.1. The fraction of sp³-hybridized carbons (Fsp3) is 0.464. The van der Waals surface area contributed by atoms with Gasteiger partial charge in [-0.15, -0.1) is 0 Å². The Bertz CT molecular complexity index is 1020. The normalized spacial score (nSPS) is 17.4. The molecule has 1 N–H and O–H groups in total. The maximum absolute atomic E-state index is 13.2. The molecule has 1 aliphatic rings. The van der Waals surface area contributed by atoms with E-state index in [1.165, 1.54) is 0 Å². The van der Waals surface area contributed by atoms with Crippen molar-refractivity contribution in [3.8, 4) is 5.75 Å². The van der Waals surface area contributed by atoms with Gasteiger partial charge in [0.1, 0.15) is 11.5 Å². The minimum absolute atomic E-state index is 0.104. The van der Waals surface area contributed by atoms with Crippen LogP contribution in [-0.2, 0) is 9.59 Å². The molecule has 188 valence electrons. The lowest BCUT2D eigenvalue weighted by atomic mass is 9.95. The Kier molecular flexibility index (Phi) is 9.85. The predicted molar refractivity (Wildman–Crippen MR) is 137 cm³/mol. The molecule has 1 fully saturated rings. The molecular weight excluding hydrogens is 442 g/mol. The highest BCUT2D eigenvalue weighted by Crippen LogP contribution is 2.40. The third kappa shape index (κ3) is 6.48. The van der Waals surface area contributed by atoms with Crippen molar-refractivity contribution in [1.82, 2.24) is 14.8 Å². The molecule has 1 aromatic carbocycles. The minimum Gasteiger partial charge on any atom is -0.507 e. The van der Waals surface area contributed by atoms with Crippen LogP contribution in [0.25, 0.3) is 5.76 Å². The molecule has 3 rings (SSSR count). The number of aliphatic hydroxyl groups is 1. The molecule has 1 aromatic heterocycles. The monoisotopic (exact) mass is 479 g/mol. The van der Waals surface area contributed by atoms with Crippen molar-refractivity contribution in [1.29, 1.82) is 0 Å². The molecule has 0 aliphatic carbocycles. The van der Waals surface area contributed by atoms with E-state index in [2.05, 4.69) is 30.7 Å². The quantitative estimate of drug-likeness (QED) is 0.192. The summed E-state index contributed by atoms with van der Waals surface area (Å²) in [6.07, 6.45) is 7.00. The van der Waals surface area contributed by atoms with Gasteiger partial charge in [0, 0.05) is 24.5 Å². The van der Waals surface area contributed by atoms with Gasteiger partial charge in [-0.25, -0.2) is 0 Å². The molecule has 0 bridgehead atoms. The molecule has 7 nitrogen and oxygen atoms in total. The van der Waals surface area contributed by atoms with Crippen molar-refractivity contribution < 1.29 is 19.4 Å². The molecule has 1 atom stereocenters. The Morgan fingerprint density at radius 1 is 1.06 bits per heavy atom. The Hall–Kier alpha value is -3.19. The molecule has 7 heteroatoms. The van der Waals surface area contributed by atoms with E-state index in [0.717, 1.165) is 50.9 Å². The Morgan fingerprint density at radius 2 is 1.80 bits per heavy atom. The number of unbranched alkanes of at least 4 members (excludes halogenated alkanes) is 2. The highest BCUT2D eigenvalue weighted by molar-refractivity contribution is 6.46. The summed E-state index contributed by atoms with van der Waals surface area (Å²) in [7, 11) is 0. The standard InChI is InChI=1S/C28H37N3O4/c1-4-7-8-19-35-23-12-9-11-22(20-23)25-24(26(32)21-13-15-29-16-14-21)27(33)28(34)31(25)18-10-17-30(5-2)6-3/h9,11-16,20,25,32H,4-8,10,17-19H2,1-3H3. The lowest BCUT2D eigenvalue weighted by Gasteiger charge is -2.27. The van der Waals surface area contributed by atoms with Crippen molar-refractivity contribution in [2.75, 3.05) is 32.8 Å². The molecule has 1 unspecified atom stereocenters. The number of ether oxygens (including phenoxy) is 1. The van der Waals surface area contributed by atoms with Gasteiger partial charge in [-0.05, 0) is 62.3 Å². The number of Topliss-reactive ketones (excluding diaryl/α,β-unsaturated/α-hetero) is 1. The van der Waals surface area contributed by atoms with Crippen LogP contribution < -0.4 is 4.74 Å². The second-order valence-electron chi connectivity index (χ2n) is 8.74. The van der Waals surface area contributed by atoms with E-state index in [0.29, 0.717) is 24.5 Å². The van der Waals surface area contributed by atoms with Gasteiger partial charge in [0.25, 0.3) is 11.7 Å². The highest BCUT2D eigenvalue weighted by atomic mass is 16.5. The first-order valence-corrected chi connectivity index (χ1v) is 12.7. The number of amides is 1. The number of hydrogen-bond acceptors (Lipinski definition) is 6. The van der Waals surface area contributed by atoms with Gasteiger partial charge in [-0.3, -0.25) is 14.6 Å². The molecule has 1 aliphatic heterocycles. The fourth-order valence-corrected chi connectivity index (χ4v) is 4.44. The lowest BCUT2D eigenvalue weighted by molar-refractivity contribution is -0.140. The Labute approximate surface area is 208 Å². The number of carbonyl (C=O) groups excluding carboxylic acids is 2. The van der Waals surface area contributed by atoms with E-state index in [9.17, 15) is 14.7 Å². The SMILES string of the molecule is CCCCCOc1cccc(C2C(=C(O)c3ccncc3)C(=O)C(=O)N2CCCN(CC)CC)c1. The van der Waals surface area contributed by atoms with Crippen molar-refractivity contribution in [2.45, 2.75) is 52.5 Å². The van der Waals surface area contributed by atoms with Crippen LogP contribution in [0, 0.1) is 0 Å². The maximum Gasteiger partial charge on any atom is 0.295 e. The topological polar surface area (TPSA) is 83.0 Å². The Balaban J connectivity index is 1.96. The van der Waals surface area contributed by atoms with Crippen molar-refractivity contribution >= 4 is 17.4 Å². The fourth-order valence-electron chi connectivity index (χ4n) is 4.44. The van der Waals surface area contributed by atoms with Gasteiger partial charge in [0.15, 0.2) is 0 Å². The van der Waals surface area contributed by atoms with Gasteiger partial charge in [0.05, 0.1) is 18.2 Å². The Morgan fingerprint density at radius 3 is 2.49 bits per heavy atom. The van der Waals surface area contributed by atoms with E-state index in [4.69, 9.17) is 4.74 Å². The number of carbonyl (C=O) groups is 2. The van der Waals surface area contributed by atoms with Crippen LogP contribution in [0.1, 0.15) is 63.6 Å². The number of rotatable bonds is 13. The zero-order valence-electron chi connectivity index (χ0n) is 21.1. The summed E-state index contributed by atoms with van der Waals surface area (Å²) in [6, 6.07) is 10.1. The van der Waals surface area contributed by atoms with Crippen molar-refractivity contribution in [3.05, 3.63) is 65.5 Å². The molecular formula is C28H37N3O4. The van der Waals surface area contributed by atoms with Crippen LogP contribution in [-0.4, -0.2) is 64.4 Å². The predicted octanol–water partition coefficient (Wildman–Crippen LogP) is 4.80. The zero-order chi connectivity index (χ0) is 25.2. The number of aromatic nitrogens is 1. The van der Waals surface area contributed by atoms with Crippen LogP contribution in [0.3, 0.4) is 0 Å². The number of pyridine rings is 1. The number of hydrogen-bond donors (Lipinski definition) is 1. The summed E-state index contributed by atoms with van der Waals surface area (Å²) < 4.78 is 5.94. The van der Waals surface area contributed by atoms with Gasteiger partial charge < -0.3 is 19.6 Å². The lowest BCUT2D eigenvalue weighted by Crippen LogP contribution is -2.33. The van der Waals surface area contributed by atoms with Crippen molar-refractivity contribution in [2.24, 2.45) is 0 Å². The second-order valence-corrected chi connectivity index (χ2v) is 8.74. The number of benzene rings is 1. The summed E-state index contributed by atoms with van der Waals surface area (Å²) in [5.74, 6) is -0.742. The van der Waals surface area contributed by atoms with E-state index in [-0.39, 0.29) is 11.3 Å². The second kappa shape index (κ2) is 13.0. The summed E-state index contributed by atoms with van der Waals surface area (Å²) in [5, 5.41) is 11.1. The molecule has 2 heterocycles. The number of likely N-dealkylation sites (tertiary alicyclic amines) is 1. The largest absolute Gasteiger partial charge is 0.507 e. The van der Waals surface area contributed by atoms with Crippen LogP contribution in [0.4, 0.5) is 0 Å². The summed E-state index contributed by atoms with van der Waals surface area (Å²) in [5.41, 5.74) is 1.31. The summed E-state index contributed by atoms with van der Waals surface area (Å²) >= 11 is 0. The van der Waals surface area contributed by atoms with E-state index in [1.54, 1.807) is 29.4 Å². The van der Waals surface area contributed by atoms with Crippen LogP contribution >= 0.6 is 0 Å². The molecule has 2 aromatic rings. The average molecular weight is 480 g/mol. The first-order valence-electron chi connectivity index (χ1n) is 12.7. The molecule has 1 saturated heterocycles. The molecule has 0 radical (unpaired) electrons. The third-order valence-corrected chi connectivity index (χ3v) is 6.45. The number of nitrogens with zero attached hydrogens (tertiary/aromatic N) is 3. The van der Waals surface area contributed by atoms with E-state index < -0.39 is 17.7 Å². The van der Waals surface area contributed by atoms with Gasteiger partial charge in [-0.2, -0.15) is 0 Å². The smallest absolute Gasteiger partial charge is 0.295 e. The first kappa shape index (κ1) is 26.4. The zero-order valence-corrected chi connectivity index (χ0v) is 21.1. The van der Waals surface area contributed by atoms with Gasteiger partial charge in [-0.1, -0.05) is 45.7 Å². The minimum atomic E-state index is -0.681. The van der Waals surface area contributed by atoms with Gasteiger partial charge >= 0.3 is 0 Å².